The van der Waals surface area contributed by atoms with Crippen LogP contribution in [-0.2, 0) is 11.2 Å². The molecule has 0 unspecified atom stereocenters. The Bertz CT molecular complexity index is 546. The SMILES string of the molecule is CC(C)n1ccc(CC(=O)[C@H](N)c2ccccc2)n1. The summed E-state index contributed by atoms with van der Waals surface area (Å²) in [7, 11) is 0. The second-order valence-corrected chi connectivity index (χ2v) is 4.91. The summed E-state index contributed by atoms with van der Waals surface area (Å²) in [5.74, 6) is -0.0137. The van der Waals surface area contributed by atoms with Crippen LogP contribution < -0.4 is 5.73 Å². The van der Waals surface area contributed by atoms with E-state index in [1.54, 1.807) is 0 Å². The largest absolute Gasteiger partial charge is 0.318 e. The van der Waals surface area contributed by atoms with Crippen LogP contribution in [0.3, 0.4) is 0 Å². The van der Waals surface area contributed by atoms with E-state index in [0.717, 1.165) is 11.3 Å². The Morgan fingerprint density at radius 1 is 1.26 bits per heavy atom. The Kier molecular flexibility index (Phi) is 4.12. The molecule has 0 aliphatic carbocycles. The summed E-state index contributed by atoms with van der Waals surface area (Å²) in [6.45, 7) is 4.10. The molecule has 0 fully saturated rings. The van der Waals surface area contributed by atoms with Crippen LogP contribution in [0.4, 0.5) is 0 Å². The van der Waals surface area contributed by atoms with E-state index in [0.29, 0.717) is 6.04 Å². The lowest BCUT2D eigenvalue weighted by molar-refractivity contribution is -0.119. The molecule has 1 aromatic heterocycles. The Balaban J connectivity index is 2.04. The van der Waals surface area contributed by atoms with E-state index in [1.165, 1.54) is 0 Å². The van der Waals surface area contributed by atoms with Crippen molar-refractivity contribution in [2.24, 2.45) is 5.73 Å². The van der Waals surface area contributed by atoms with Crippen molar-refractivity contribution in [1.29, 1.82) is 0 Å². The molecule has 0 amide bonds. The van der Waals surface area contributed by atoms with Gasteiger partial charge < -0.3 is 5.73 Å². The van der Waals surface area contributed by atoms with Crippen molar-refractivity contribution in [2.75, 3.05) is 0 Å². The number of carbonyl (C=O) groups excluding carboxylic acids is 1. The molecule has 0 saturated carbocycles. The summed E-state index contributed by atoms with van der Waals surface area (Å²) in [4.78, 5) is 12.1. The van der Waals surface area contributed by atoms with Crippen LogP contribution in [0.2, 0.25) is 0 Å². The smallest absolute Gasteiger partial charge is 0.160 e. The zero-order chi connectivity index (χ0) is 13.8. The first-order valence-electron chi connectivity index (χ1n) is 6.45. The topological polar surface area (TPSA) is 60.9 Å². The van der Waals surface area contributed by atoms with Gasteiger partial charge in [0.2, 0.25) is 0 Å². The highest BCUT2D eigenvalue weighted by Gasteiger charge is 2.17. The first-order chi connectivity index (χ1) is 9.08. The highest BCUT2D eigenvalue weighted by Crippen LogP contribution is 2.13. The van der Waals surface area contributed by atoms with Crippen LogP contribution in [0.15, 0.2) is 42.6 Å². The van der Waals surface area contributed by atoms with Crippen LogP contribution in [0, 0.1) is 0 Å². The third-order valence-electron chi connectivity index (χ3n) is 3.05. The lowest BCUT2D eigenvalue weighted by atomic mass is 10.0. The third kappa shape index (κ3) is 3.29. The molecule has 2 aromatic rings. The van der Waals surface area contributed by atoms with E-state index in [-0.39, 0.29) is 12.2 Å². The number of benzene rings is 1. The average Bonchev–Trinajstić information content (AvgIpc) is 2.87. The maximum absolute atomic E-state index is 12.1. The standard InChI is InChI=1S/C15H19N3O/c1-11(2)18-9-8-13(17-18)10-14(19)15(16)12-6-4-3-5-7-12/h3-9,11,15H,10,16H2,1-2H3/t15-/m1/s1. The van der Waals surface area contributed by atoms with E-state index >= 15 is 0 Å². The van der Waals surface area contributed by atoms with Gasteiger partial charge in [0.25, 0.3) is 0 Å². The predicted octanol–water partition coefficient (Wildman–Crippen LogP) is 2.28. The lowest BCUT2D eigenvalue weighted by Crippen LogP contribution is -2.23. The number of Topliss-reactive ketones (excluding diaryl/α,β-unsaturated/α-hetero) is 1. The Hall–Kier alpha value is -1.94. The van der Waals surface area contributed by atoms with Crippen LogP contribution in [0.1, 0.15) is 37.2 Å². The molecule has 0 aliphatic heterocycles. The molecular formula is C15H19N3O. The summed E-state index contributed by atoms with van der Waals surface area (Å²) >= 11 is 0. The second kappa shape index (κ2) is 5.80. The third-order valence-corrected chi connectivity index (χ3v) is 3.05. The van der Waals surface area contributed by atoms with Gasteiger partial charge in [-0.2, -0.15) is 5.10 Å². The molecule has 1 atom stereocenters. The number of nitrogens with two attached hydrogens (primary N) is 1. The van der Waals surface area contributed by atoms with Gasteiger partial charge in [0.15, 0.2) is 5.78 Å². The molecule has 2 rings (SSSR count). The molecule has 0 saturated heterocycles. The van der Waals surface area contributed by atoms with E-state index in [4.69, 9.17) is 5.73 Å². The molecule has 1 heterocycles. The summed E-state index contributed by atoms with van der Waals surface area (Å²) in [6, 6.07) is 11.0. The van der Waals surface area contributed by atoms with E-state index in [9.17, 15) is 4.79 Å². The number of hydrogen-bond acceptors (Lipinski definition) is 3. The second-order valence-electron chi connectivity index (χ2n) is 4.91. The number of carbonyl (C=O) groups is 1. The van der Waals surface area contributed by atoms with Gasteiger partial charge in [0.05, 0.1) is 18.2 Å². The van der Waals surface area contributed by atoms with Gasteiger partial charge in [-0.1, -0.05) is 30.3 Å². The van der Waals surface area contributed by atoms with Crippen molar-refractivity contribution in [3.8, 4) is 0 Å². The zero-order valence-corrected chi connectivity index (χ0v) is 11.3. The van der Waals surface area contributed by atoms with Gasteiger partial charge in [-0.05, 0) is 25.5 Å². The molecular weight excluding hydrogens is 238 g/mol. The first kappa shape index (κ1) is 13.5. The molecule has 4 heteroatoms. The number of rotatable bonds is 5. The van der Waals surface area contributed by atoms with Gasteiger partial charge in [0.1, 0.15) is 0 Å². The fraction of sp³-hybridized carbons (Fsp3) is 0.333. The minimum Gasteiger partial charge on any atom is -0.318 e. The lowest BCUT2D eigenvalue weighted by Gasteiger charge is -2.10. The van der Waals surface area contributed by atoms with Crippen molar-refractivity contribution in [3.05, 3.63) is 53.9 Å². The monoisotopic (exact) mass is 257 g/mol. The molecule has 1 aromatic carbocycles. The van der Waals surface area contributed by atoms with Crippen LogP contribution in [0.5, 0.6) is 0 Å². The Morgan fingerprint density at radius 2 is 1.95 bits per heavy atom. The van der Waals surface area contributed by atoms with E-state index < -0.39 is 6.04 Å². The molecule has 0 aliphatic rings. The normalized spacial score (nSPS) is 12.6. The summed E-state index contributed by atoms with van der Waals surface area (Å²) < 4.78 is 1.84. The van der Waals surface area contributed by atoms with Gasteiger partial charge >= 0.3 is 0 Å². The molecule has 0 bridgehead atoms. The van der Waals surface area contributed by atoms with E-state index in [2.05, 4.69) is 5.10 Å². The number of hydrogen-bond donors (Lipinski definition) is 1. The highest BCUT2D eigenvalue weighted by molar-refractivity contribution is 5.86. The van der Waals surface area contributed by atoms with Crippen molar-refractivity contribution in [2.45, 2.75) is 32.4 Å². The summed E-state index contributed by atoms with van der Waals surface area (Å²) in [6.07, 6.45) is 2.16. The van der Waals surface area contributed by atoms with Crippen LogP contribution in [0.25, 0.3) is 0 Å². The van der Waals surface area contributed by atoms with Crippen LogP contribution in [-0.4, -0.2) is 15.6 Å². The number of nitrogens with zero attached hydrogens (tertiary/aromatic N) is 2. The maximum Gasteiger partial charge on any atom is 0.160 e. The molecule has 4 nitrogen and oxygen atoms in total. The Labute approximate surface area is 113 Å². The predicted molar refractivity (Wildman–Crippen MR) is 74.7 cm³/mol. The summed E-state index contributed by atoms with van der Waals surface area (Å²) in [5.41, 5.74) is 7.58. The van der Waals surface area contributed by atoms with Crippen molar-refractivity contribution in [1.82, 2.24) is 9.78 Å². The van der Waals surface area contributed by atoms with Gasteiger partial charge in [-0.15, -0.1) is 0 Å². The number of aromatic nitrogens is 2. The van der Waals surface area contributed by atoms with Crippen molar-refractivity contribution < 1.29 is 4.79 Å². The van der Waals surface area contributed by atoms with Crippen molar-refractivity contribution >= 4 is 5.78 Å². The minimum absolute atomic E-state index is 0.0137. The molecule has 0 radical (unpaired) electrons. The molecule has 0 spiro atoms. The van der Waals surface area contributed by atoms with Crippen LogP contribution >= 0.6 is 0 Å². The first-order valence-corrected chi connectivity index (χ1v) is 6.45. The van der Waals surface area contributed by atoms with E-state index in [1.807, 2.05) is 61.1 Å². The number of ketones is 1. The van der Waals surface area contributed by atoms with Gasteiger partial charge in [-0.25, -0.2) is 0 Å². The molecule has 19 heavy (non-hydrogen) atoms. The quantitative estimate of drug-likeness (QED) is 0.893. The van der Waals surface area contributed by atoms with Gasteiger partial charge in [-0.3, -0.25) is 9.48 Å². The zero-order valence-electron chi connectivity index (χ0n) is 11.3. The molecule has 100 valence electrons. The fourth-order valence-corrected chi connectivity index (χ4v) is 1.89. The maximum atomic E-state index is 12.1. The fourth-order valence-electron chi connectivity index (χ4n) is 1.89. The molecule has 2 N–H and O–H groups in total. The highest BCUT2D eigenvalue weighted by atomic mass is 16.1. The van der Waals surface area contributed by atoms with Gasteiger partial charge in [0, 0.05) is 12.2 Å². The Morgan fingerprint density at radius 3 is 2.53 bits per heavy atom. The average molecular weight is 257 g/mol. The minimum atomic E-state index is -0.578. The summed E-state index contributed by atoms with van der Waals surface area (Å²) in [5, 5.41) is 4.37. The van der Waals surface area contributed by atoms with Crippen molar-refractivity contribution in [3.63, 3.8) is 0 Å².